The summed E-state index contributed by atoms with van der Waals surface area (Å²) in [5.41, 5.74) is 15.9. The first kappa shape index (κ1) is 60.0. The smallest absolute Gasteiger partial charge is 0.303 e. The number of aromatic nitrogens is 3. The summed E-state index contributed by atoms with van der Waals surface area (Å²) in [6.07, 6.45) is 19.4. The van der Waals surface area contributed by atoms with E-state index in [1.54, 1.807) is 24.1 Å². The zero-order valence-electron chi connectivity index (χ0n) is 45.0. The fourth-order valence-electron chi connectivity index (χ4n) is 9.73. The van der Waals surface area contributed by atoms with Crippen LogP contribution in [-0.2, 0) is 45.2 Å². The van der Waals surface area contributed by atoms with Crippen LogP contribution in [0.15, 0.2) is 66.9 Å². The lowest BCUT2D eigenvalue weighted by molar-refractivity contribution is -0.137. The summed E-state index contributed by atoms with van der Waals surface area (Å²) in [7, 11) is 1.58. The van der Waals surface area contributed by atoms with E-state index in [0.29, 0.717) is 94.7 Å². The molecule has 1 aliphatic rings. The Morgan fingerprint density at radius 2 is 1.44 bits per heavy atom. The van der Waals surface area contributed by atoms with Crippen LogP contribution in [0.2, 0.25) is 0 Å². The molecule has 0 spiro atoms. The van der Waals surface area contributed by atoms with Crippen molar-refractivity contribution in [1.82, 2.24) is 35.8 Å². The first-order valence-electron chi connectivity index (χ1n) is 27.5. The van der Waals surface area contributed by atoms with Gasteiger partial charge in [0.25, 0.3) is 0 Å². The number of nitrogens with one attached hydrogen (secondary N) is 3. The molecule has 0 aliphatic heterocycles. The molecule has 75 heavy (non-hydrogen) atoms. The third kappa shape index (κ3) is 22.8. The van der Waals surface area contributed by atoms with Gasteiger partial charge in [0.2, 0.25) is 17.7 Å². The van der Waals surface area contributed by atoms with E-state index in [2.05, 4.69) is 52.4 Å². The number of unbranched alkanes of at least 4 members (excludes halogenated alkanes) is 10. The maximum Gasteiger partial charge on any atom is 0.303 e. The normalized spacial score (nSPS) is 12.9. The summed E-state index contributed by atoms with van der Waals surface area (Å²) in [5, 5.41) is 27.0. The molecule has 1 saturated carbocycles. The molecule has 0 saturated heterocycles. The molecule has 3 aromatic carbocycles. The number of amides is 3. The van der Waals surface area contributed by atoms with Crippen molar-refractivity contribution in [3.8, 4) is 22.6 Å². The SMILES string of the molecule is COc1ccc(F)c(-c2ccc(COc3cccc([C@@H](CC(=O)O)C4CC4)c3)cc2CC(C)(C)Cn2cc(CCCCCCCCCCCCCC(=O)NCCCN(CC(=O)NCCN)CC(=O)NCCN)nn2)c1. The monoisotopic (exact) mass is 1040 g/mol. The number of halogens is 1. The van der Waals surface area contributed by atoms with Crippen LogP contribution in [0.5, 0.6) is 11.5 Å². The van der Waals surface area contributed by atoms with Gasteiger partial charge in [-0.2, -0.15) is 0 Å². The van der Waals surface area contributed by atoms with Gasteiger partial charge in [-0.05, 0) is 115 Å². The lowest BCUT2D eigenvalue weighted by atomic mass is 9.82. The Balaban J connectivity index is 0.969. The quantitative estimate of drug-likeness (QED) is 0.0233. The largest absolute Gasteiger partial charge is 0.497 e. The van der Waals surface area contributed by atoms with Crippen LogP contribution in [0.3, 0.4) is 0 Å². The van der Waals surface area contributed by atoms with Gasteiger partial charge < -0.3 is 42.0 Å². The zero-order chi connectivity index (χ0) is 53.8. The Morgan fingerprint density at radius 3 is 2.08 bits per heavy atom. The summed E-state index contributed by atoms with van der Waals surface area (Å²) in [4.78, 5) is 50.2. The van der Waals surface area contributed by atoms with Gasteiger partial charge in [0.15, 0.2) is 0 Å². The summed E-state index contributed by atoms with van der Waals surface area (Å²) in [5.74, 6) is 0.187. The van der Waals surface area contributed by atoms with Gasteiger partial charge in [-0.15, -0.1) is 5.10 Å². The van der Waals surface area contributed by atoms with Crippen molar-refractivity contribution in [2.45, 2.75) is 148 Å². The van der Waals surface area contributed by atoms with Crippen molar-refractivity contribution < 1.29 is 38.1 Å². The number of hydrogen-bond donors (Lipinski definition) is 6. The summed E-state index contributed by atoms with van der Waals surface area (Å²) in [6.45, 7) is 7.90. The number of hydrogen-bond acceptors (Lipinski definition) is 11. The Morgan fingerprint density at radius 1 is 0.787 bits per heavy atom. The number of rotatable bonds is 39. The van der Waals surface area contributed by atoms with Crippen molar-refractivity contribution in [2.75, 3.05) is 59.5 Å². The highest BCUT2D eigenvalue weighted by molar-refractivity contribution is 5.81. The van der Waals surface area contributed by atoms with Gasteiger partial charge in [-0.1, -0.05) is 107 Å². The number of carboxylic acids is 1. The molecule has 8 N–H and O–H groups in total. The molecule has 0 bridgehead atoms. The molecule has 1 heterocycles. The van der Waals surface area contributed by atoms with Crippen molar-refractivity contribution in [3.63, 3.8) is 0 Å². The Labute approximate surface area is 444 Å². The molecule has 1 aromatic heterocycles. The molecule has 16 nitrogen and oxygen atoms in total. The number of aliphatic carboxylic acids is 1. The molecule has 4 aromatic rings. The molecule has 17 heteroatoms. The van der Waals surface area contributed by atoms with Gasteiger partial charge in [-0.25, -0.2) is 4.39 Å². The fourth-order valence-corrected chi connectivity index (χ4v) is 9.73. The average molecular weight is 1040 g/mol. The number of methoxy groups -OCH3 is 1. The van der Waals surface area contributed by atoms with Gasteiger partial charge in [-0.3, -0.25) is 28.8 Å². The number of nitrogens with zero attached hydrogens (tertiary/aromatic N) is 4. The Kier molecular flexibility index (Phi) is 26.0. The van der Waals surface area contributed by atoms with E-state index in [0.717, 1.165) is 79.3 Å². The van der Waals surface area contributed by atoms with E-state index in [9.17, 15) is 24.3 Å². The van der Waals surface area contributed by atoms with E-state index in [4.69, 9.17) is 20.9 Å². The maximum atomic E-state index is 15.5. The minimum absolute atomic E-state index is 0.0206. The number of carbonyl (C=O) groups excluding carboxylic acids is 3. The molecule has 412 valence electrons. The van der Waals surface area contributed by atoms with Crippen LogP contribution in [0.4, 0.5) is 4.39 Å². The number of nitrogens with two attached hydrogens (primary N) is 2. The predicted molar refractivity (Wildman–Crippen MR) is 292 cm³/mol. The van der Waals surface area contributed by atoms with Gasteiger partial charge >= 0.3 is 5.97 Å². The minimum atomic E-state index is -0.788. The number of carboxylic acid groups (broad SMARTS) is 1. The molecule has 3 amide bonds. The highest BCUT2D eigenvalue weighted by Crippen LogP contribution is 2.45. The molecule has 1 aliphatic carbocycles. The van der Waals surface area contributed by atoms with E-state index in [-0.39, 0.29) is 54.4 Å². The van der Waals surface area contributed by atoms with E-state index >= 15 is 4.39 Å². The van der Waals surface area contributed by atoms with Gasteiger partial charge in [0, 0.05) is 64.0 Å². The summed E-state index contributed by atoms with van der Waals surface area (Å²) in [6, 6.07) is 18.7. The molecular weight excluding hydrogens is 954 g/mol. The van der Waals surface area contributed by atoms with E-state index < -0.39 is 5.97 Å². The summed E-state index contributed by atoms with van der Waals surface area (Å²) >= 11 is 0. The first-order chi connectivity index (χ1) is 36.2. The highest BCUT2D eigenvalue weighted by atomic mass is 19.1. The summed E-state index contributed by atoms with van der Waals surface area (Å²) < 4.78 is 29.2. The number of benzene rings is 3. The zero-order valence-corrected chi connectivity index (χ0v) is 45.0. The third-order valence-electron chi connectivity index (χ3n) is 13.7. The van der Waals surface area contributed by atoms with Gasteiger partial charge in [0.1, 0.15) is 23.9 Å². The van der Waals surface area contributed by atoms with Crippen molar-refractivity contribution in [2.24, 2.45) is 22.8 Å². The molecule has 5 rings (SSSR count). The van der Waals surface area contributed by atoms with Crippen LogP contribution in [-0.4, -0.2) is 108 Å². The molecule has 1 atom stereocenters. The van der Waals surface area contributed by atoms with Crippen LogP contribution >= 0.6 is 0 Å². The predicted octanol–water partition coefficient (Wildman–Crippen LogP) is 8.09. The average Bonchev–Trinajstić information content (AvgIpc) is 4.14. The number of aryl methyl sites for hydroxylation is 1. The fraction of sp³-hybridized carbons (Fsp3) is 0.586. The Bertz CT molecular complexity index is 2350. The third-order valence-corrected chi connectivity index (χ3v) is 13.7. The topological polar surface area (TPSA) is 229 Å². The van der Waals surface area contributed by atoms with E-state index in [1.165, 1.54) is 44.6 Å². The molecular formula is C58H86FN9O7. The van der Waals surface area contributed by atoms with Crippen LogP contribution < -0.4 is 36.9 Å². The molecule has 1 fully saturated rings. The minimum Gasteiger partial charge on any atom is -0.497 e. The second kappa shape index (κ2) is 32.5. The molecule has 0 unspecified atom stereocenters. The standard InChI is InChI=1S/C58H86FN9O7/c1-58(2,37-46-33-43(21-25-50(46)52-35-48(74-3)24-26-53(52)59)41-75-49-19-15-17-45(34-49)51(36-57(72)73)44-22-23-44)42-68-38-47(65-66-68)18-13-11-9-7-5-4-6-8-10-12-14-20-54(69)62-29-16-32-67(39-55(70)63-30-27-60)40-56(71)64-31-28-61/h15,17,19,21,24-26,33-35,38,44,51H,4-14,16,18,20,22-23,27-32,36-37,39-42,60-61H2,1-3H3,(H,62,69)(H,63,70)(H,64,71)(H,72,73)/t51-/m0/s1. The first-order valence-corrected chi connectivity index (χ1v) is 27.5. The highest BCUT2D eigenvalue weighted by Gasteiger charge is 2.34. The van der Waals surface area contributed by atoms with Gasteiger partial charge in [0.05, 0.1) is 32.3 Å². The van der Waals surface area contributed by atoms with Crippen molar-refractivity contribution in [1.29, 1.82) is 0 Å². The second-order valence-electron chi connectivity index (χ2n) is 21.1. The van der Waals surface area contributed by atoms with Crippen molar-refractivity contribution in [3.05, 3.63) is 95.1 Å². The second-order valence-corrected chi connectivity index (χ2v) is 21.1. The lowest BCUT2D eigenvalue weighted by Crippen LogP contribution is -2.45. The Hall–Kier alpha value is -5.91. The maximum absolute atomic E-state index is 15.5. The van der Waals surface area contributed by atoms with E-state index in [1.807, 2.05) is 41.1 Å². The molecule has 0 radical (unpaired) electrons. The lowest BCUT2D eigenvalue weighted by Gasteiger charge is -2.26. The van der Waals surface area contributed by atoms with Crippen LogP contribution in [0.1, 0.15) is 145 Å². The number of ether oxygens (including phenoxy) is 2. The van der Waals surface area contributed by atoms with Crippen LogP contribution in [0.25, 0.3) is 11.1 Å². The van der Waals surface area contributed by atoms with Crippen molar-refractivity contribution >= 4 is 23.7 Å². The van der Waals surface area contributed by atoms with Crippen LogP contribution in [0, 0.1) is 17.2 Å². The number of carbonyl (C=O) groups is 4.